The molecule has 0 spiro atoms. The van der Waals surface area contributed by atoms with E-state index in [1.54, 1.807) is 22.5 Å². The molecule has 3 heterocycles. The Morgan fingerprint density at radius 3 is 2.51 bits per heavy atom. The van der Waals surface area contributed by atoms with Crippen molar-refractivity contribution in [1.29, 1.82) is 0 Å². The number of nitrogens with zero attached hydrogens (tertiary/aromatic N) is 5. The number of ether oxygens (including phenoxy) is 1. The van der Waals surface area contributed by atoms with Gasteiger partial charge in [-0.05, 0) is 79.4 Å². The summed E-state index contributed by atoms with van der Waals surface area (Å²) in [6, 6.07) is 17.3. The molecule has 2 aromatic carbocycles. The summed E-state index contributed by atoms with van der Waals surface area (Å²) in [4.78, 5) is 14.5. The van der Waals surface area contributed by atoms with Crippen molar-refractivity contribution in [3.63, 3.8) is 0 Å². The fraction of sp³-hybridized carbons (Fsp3) is 0.269. The Morgan fingerprint density at radius 1 is 1.08 bits per heavy atom. The molecule has 4 aromatic rings. The summed E-state index contributed by atoms with van der Waals surface area (Å²) in [7, 11) is 2.05. The van der Waals surface area contributed by atoms with Gasteiger partial charge in [0.25, 0.3) is 0 Å². The quantitative estimate of drug-likeness (QED) is 0.266. The third-order valence-corrected chi connectivity index (χ3v) is 7.72. The van der Waals surface area contributed by atoms with Gasteiger partial charge in [0.1, 0.15) is 6.54 Å². The molecule has 1 saturated heterocycles. The van der Waals surface area contributed by atoms with E-state index in [4.69, 9.17) is 27.9 Å². The van der Waals surface area contributed by atoms with Crippen molar-refractivity contribution in [1.82, 2.24) is 14.8 Å². The van der Waals surface area contributed by atoms with Gasteiger partial charge in [-0.2, -0.15) is 0 Å². The summed E-state index contributed by atoms with van der Waals surface area (Å²) in [6.45, 7) is 1.34. The van der Waals surface area contributed by atoms with Gasteiger partial charge < -0.3 is 19.0 Å². The third kappa shape index (κ3) is 5.96. The van der Waals surface area contributed by atoms with Gasteiger partial charge in [0.2, 0.25) is 0 Å². The Balaban J connectivity index is 1.39. The van der Waals surface area contributed by atoms with E-state index in [0.717, 1.165) is 53.4 Å². The molecule has 1 N–H and O–H groups in total. The lowest BCUT2D eigenvalue weighted by molar-refractivity contribution is -0.135. The van der Waals surface area contributed by atoms with Crippen molar-refractivity contribution in [3.8, 4) is 5.82 Å². The number of carboxylic acid groups (broad SMARTS) is 1. The molecule has 1 aliphatic rings. The van der Waals surface area contributed by atoms with Gasteiger partial charge >= 0.3 is 5.97 Å². The van der Waals surface area contributed by atoms with Gasteiger partial charge in [0.15, 0.2) is 11.6 Å². The van der Waals surface area contributed by atoms with Crippen LogP contribution in [0.15, 0.2) is 65.7 Å². The molecule has 5 rings (SSSR count). The average Bonchev–Trinajstić information content (AvgIpc) is 3.31. The number of carbonyl (C=O) groups is 1. The van der Waals surface area contributed by atoms with Crippen LogP contribution in [0.1, 0.15) is 12.8 Å². The fourth-order valence-corrected chi connectivity index (χ4v) is 6.05. The van der Waals surface area contributed by atoms with E-state index < -0.39 is 5.97 Å². The van der Waals surface area contributed by atoms with Crippen LogP contribution in [-0.4, -0.2) is 58.7 Å². The van der Waals surface area contributed by atoms with Gasteiger partial charge in [-0.15, -0.1) is 10.2 Å². The summed E-state index contributed by atoms with van der Waals surface area (Å²) in [5.74, 6) is 0.591. The van der Waals surface area contributed by atoms with E-state index in [9.17, 15) is 9.90 Å². The highest BCUT2D eigenvalue weighted by Gasteiger charge is 2.20. The van der Waals surface area contributed by atoms with Crippen LogP contribution in [0.4, 0.5) is 11.5 Å². The van der Waals surface area contributed by atoms with Crippen LogP contribution in [0.2, 0.25) is 10.0 Å². The van der Waals surface area contributed by atoms with E-state index in [0.29, 0.717) is 21.9 Å². The van der Waals surface area contributed by atoms with E-state index in [1.165, 1.54) is 11.9 Å². The molecule has 8 nitrogen and oxygen atoms in total. The lowest BCUT2D eigenvalue weighted by Crippen LogP contribution is -2.37. The van der Waals surface area contributed by atoms with Crippen molar-refractivity contribution in [2.75, 3.05) is 36.0 Å². The molecule has 0 bridgehead atoms. The molecule has 11 heteroatoms. The van der Waals surface area contributed by atoms with Crippen molar-refractivity contribution in [2.24, 2.45) is 0 Å². The number of hydrogen-bond acceptors (Lipinski definition) is 7. The van der Waals surface area contributed by atoms with Crippen LogP contribution in [-0.2, 0) is 9.53 Å². The largest absolute Gasteiger partial charge is 0.480 e. The van der Waals surface area contributed by atoms with Gasteiger partial charge in [0.05, 0.1) is 5.52 Å². The first-order valence-electron chi connectivity index (χ1n) is 11.8. The predicted octanol–water partition coefficient (Wildman–Crippen LogP) is 5.94. The van der Waals surface area contributed by atoms with E-state index in [-0.39, 0.29) is 6.54 Å². The molecule has 192 valence electrons. The number of carboxylic acids is 1. The molecular weight excluding hydrogens is 533 g/mol. The molecule has 1 fully saturated rings. The molecule has 0 amide bonds. The standard InChI is InChI=1S/C26H25Cl2N5O3S/c1-31(20-7-10-36-11-8-20)24-4-5-25(30-29-24)32-9-6-17-12-21(2-3-23(17)32)33(16-26(34)35)37-22-14-18(27)13-19(28)15-22/h2-6,9,12-15,20H,7-8,10-11,16H2,1H3,(H,34,35). The Hall–Kier alpha value is -2.98. The van der Waals surface area contributed by atoms with Crippen LogP contribution in [0.25, 0.3) is 16.7 Å². The van der Waals surface area contributed by atoms with Crippen LogP contribution < -0.4 is 9.21 Å². The minimum atomic E-state index is -0.945. The number of hydrogen-bond donors (Lipinski definition) is 1. The molecule has 0 aliphatic carbocycles. The zero-order chi connectivity index (χ0) is 25.9. The van der Waals surface area contributed by atoms with E-state index in [2.05, 4.69) is 15.1 Å². The molecule has 2 aromatic heterocycles. The molecule has 0 radical (unpaired) electrons. The molecule has 1 aliphatic heterocycles. The minimum Gasteiger partial charge on any atom is -0.480 e. The normalized spacial score (nSPS) is 14.1. The second-order valence-corrected chi connectivity index (χ2v) is 10.7. The number of fused-ring (bicyclic) bond motifs is 1. The summed E-state index contributed by atoms with van der Waals surface area (Å²) < 4.78 is 9.13. The van der Waals surface area contributed by atoms with Crippen LogP contribution in [0.5, 0.6) is 0 Å². The summed E-state index contributed by atoms with van der Waals surface area (Å²) in [5, 5.41) is 20.4. The van der Waals surface area contributed by atoms with E-state index >= 15 is 0 Å². The monoisotopic (exact) mass is 557 g/mol. The zero-order valence-corrected chi connectivity index (χ0v) is 22.4. The summed E-state index contributed by atoms with van der Waals surface area (Å²) in [6.07, 6.45) is 3.89. The highest BCUT2D eigenvalue weighted by atomic mass is 35.5. The molecule has 0 saturated carbocycles. The molecule has 0 atom stereocenters. The van der Waals surface area contributed by atoms with Gasteiger partial charge in [-0.3, -0.25) is 9.36 Å². The van der Waals surface area contributed by atoms with Crippen molar-refractivity contribution in [3.05, 3.63) is 70.8 Å². The van der Waals surface area contributed by atoms with Gasteiger partial charge in [0, 0.05) is 58.5 Å². The van der Waals surface area contributed by atoms with Crippen molar-refractivity contribution >= 4 is 63.5 Å². The number of rotatable bonds is 8. The van der Waals surface area contributed by atoms with Crippen LogP contribution in [0, 0.1) is 0 Å². The van der Waals surface area contributed by atoms with Crippen LogP contribution >= 0.6 is 35.1 Å². The lowest BCUT2D eigenvalue weighted by atomic mass is 10.1. The number of anilines is 2. The number of halogens is 2. The third-order valence-electron chi connectivity index (χ3n) is 6.28. The maximum atomic E-state index is 11.6. The lowest BCUT2D eigenvalue weighted by Gasteiger charge is -2.31. The summed E-state index contributed by atoms with van der Waals surface area (Å²) >= 11 is 13.5. The predicted molar refractivity (Wildman–Crippen MR) is 148 cm³/mol. The molecule has 0 unspecified atom stereocenters. The highest BCUT2D eigenvalue weighted by Crippen LogP contribution is 2.34. The Labute approximate surface area is 228 Å². The smallest absolute Gasteiger partial charge is 0.324 e. The molecular formula is C26H25Cl2N5O3S. The highest BCUT2D eigenvalue weighted by molar-refractivity contribution is 8.00. The second kappa shape index (κ2) is 11.2. The van der Waals surface area contributed by atoms with Gasteiger partial charge in [-0.1, -0.05) is 23.2 Å². The van der Waals surface area contributed by atoms with Gasteiger partial charge in [-0.25, -0.2) is 0 Å². The first-order valence-corrected chi connectivity index (χ1v) is 13.3. The summed E-state index contributed by atoms with van der Waals surface area (Å²) in [5.41, 5.74) is 1.68. The first kappa shape index (κ1) is 25.7. The second-order valence-electron chi connectivity index (χ2n) is 8.76. The first-order chi connectivity index (χ1) is 17.9. The Kier molecular flexibility index (Phi) is 7.76. The average molecular weight is 558 g/mol. The maximum absolute atomic E-state index is 11.6. The SMILES string of the molecule is CN(c1ccc(-n2ccc3cc(N(CC(=O)O)Sc4cc(Cl)cc(Cl)c4)ccc32)nn1)C1CCOCC1. The number of aliphatic carboxylic acids is 1. The number of benzene rings is 2. The van der Waals surface area contributed by atoms with Crippen molar-refractivity contribution in [2.45, 2.75) is 23.8 Å². The van der Waals surface area contributed by atoms with Crippen LogP contribution in [0.3, 0.4) is 0 Å². The van der Waals surface area contributed by atoms with Crippen molar-refractivity contribution < 1.29 is 14.6 Å². The van der Waals surface area contributed by atoms with E-state index in [1.807, 2.05) is 54.2 Å². The Morgan fingerprint density at radius 2 is 1.84 bits per heavy atom. The topological polar surface area (TPSA) is 83.7 Å². The fourth-order valence-electron chi connectivity index (χ4n) is 4.39. The maximum Gasteiger partial charge on any atom is 0.324 e. The number of aromatic nitrogens is 3. The Bertz CT molecular complexity index is 1390. The molecule has 37 heavy (non-hydrogen) atoms. The minimum absolute atomic E-state index is 0.200. The zero-order valence-electron chi connectivity index (χ0n) is 20.1.